The number of anilines is 1. The molecule has 1 aliphatic heterocycles. The number of rotatable bonds is 6. The molecule has 3 rings (SSSR count). The number of sulfonamides is 1. The predicted molar refractivity (Wildman–Crippen MR) is 104 cm³/mol. The first-order valence-electron chi connectivity index (χ1n) is 8.53. The van der Waals surface area contributed by atoms with Crippen molar-refractivity contribution in [2.24, 2.45) is 0 Å². The quantitative estimate of drug-likeness (QED) is 0.818. The van der Waals surface area contributed by atoms with Crippen LogP contribution in [0.25, 0.3) is 0 Å². The molecule has 1 aliphatic rings. The van der Waals surface area contributed by atoms with Crippen LogP contribution in [0.15, 0.2) is 48.5 Å². The second-order valence-corrected chi connectivity index (χ2v) is 8.61. The molecule has 0 aliphatic carbocycles. The van der Waals surface area contributed by atoms with Gasteiger partial charge in [-0.15, -0.1) is 0 Å². The fourth-order valence-electron chi connectivity index (χ4n) is 2.96. The highest BCUT2D eigenvalue weighted by Crippen LogP contribution is 2.17. The topological polar surface area (TPSA) is 66.5 Å². The Bertz CT molecular complexity index is 859. The van der Waals surface area contributed by atoms with Crippen LogP contribution in [0.5, 0.6) is 0 Å². The number of nitrogens with one attached hydrogen (secondary N) is 1. The monoisotopic (exact) mass is 392 g/mol. The van der Waals surface area contributed by atoms with E-state index in [0.29, 0.717) is 22.7 Å². The highest BCUT2D eigenvalue weighted by molar-refractivity contribution is 7.91. The lowest BCUT2D eigenvalue weighted by atomic mass is 10.1. The average Bonchev–Trinajstić information content (AvgIpc) is 3.13. The minimum Gasteiger partial charge on any atom is -0.342 e. The summed E-state index contributed by atoms with van der Waals surface area (Å²) in [5.41, 5.74) is 2.02. The Kier molecular flexibility index (Phi) is 5.84. The van der Waals surface area contributed by atoms with Gasteiger partial charge in [0.15, 0.2) is 0 Å². The number of carbonyl (C=O) groups is 1. The van der Waals surface area contributed by atoms with E-state index in [0.717, 1.165) is 31.5 Å². The number of halogens is 1. The van der Waals surface area contributed by atoms with Gasteiger partial charge in [0, 0.05) is 23.8 Å². The summed E-state index contributed by atoms with van der Waals surface area (Å²) in [7, 11) is -3.52. The van der Waals surface area contributed by atoms with Gasteiger partial charge in [0.05, 0.1) is 12.2 Å². The minimum absolute atomic E-state index is 0.124. The molecule has 0 saturated carbocycles. The van der Waals surface area contributed by atoms with Gasteiger partial charge in [0.2, 0.25) is 15.9 Å². The maximum atomic E-state index is 12.3. The SMILES string of the molecule is O=C(Cc1ccc(NS(=O)(=O)Cc2ccc(Cl)cc2)cc1)N1CCCC1. The Morgan fingerprint density at radius 3 is 2.15 bits per heavy atom. The van der Waals surface area contributed by atoms with E-state index in [9.17, 15) is 13.2 Å². The lowest BCUT2D eigenvalue weighted by molar-refractivity contribution is -0.129. The lowest BCUT2D eigenvalue weighted by Crippen LogP contribution is -2.29. The van der Waals surface area contributed by atoms with Crippen molar-refractivity contribution in [3.8, 4) is 0 Å². The largest absolute Gasteiger partial charge is 0.342 e. The number of amides is 1. The first-order chi connectivity index (χ1) is 12.4. The van der Waals surface area contributed by atoms with Gasteiger partial charge in [-0.05, 0) is 48.2 Å². The van der Waals surface area contributed by atoms with Crippen molar-refractivity contribution in [2.45, 2.75) is 25.0 Å². The molecule has 0 spiro atoms. The normalized spacial score (nSPS) is 14.4. The van der Waals surface area contributed by atoms with Crippen molar-refractivity contribution in [1.82, 2.24) is 4.90 Å². The van der Waals surface area contributed by atoms with Crippen LogP contribution in [0.4, 0.5) is 5.69 Å². The highest BCUT2D eigenvalue weighted by Gasteiger charge is 2.18. The van der Waals surface area contributed by atoms with Gasteiger partial charge in [-0.3, -0.25) is 9.52 Å². The van der Waals surface area contributed by atoms with E-state index in [-0.39, 0.29) is 11.7 Å². The molecular weight excluding hydrogens is 372 g/mol. The molecule has 0 atom stereocenters. The third-order valence-electron chi connectivity index (χ3n) is 4.31. The Hall–Kier alpha value is -2.05. The van der Waals surface area contributed by atoms with Crippen LogP contribution in [0.1, 0.15) is 24.0 Å². The van der Waals surface area contributed by atoms with Crippen LogP contribution in [0.2, 0.25) is 5.02 Å². The van der Waals surface area contributed by atoms with Gasteiger partial charge in [0.1, 0.15) is 0 Å². The molecule has 138 valence electrons. The average molecular weight is 393 g/mol. The summed E-state index contributed by atoms with van der Waals surface area (Å²) in [4.78, 5) is 14.0. The van der Waals surface area contributed by atoms with E-state index >= 15 is 0 Å². The molecule has 2 aromatic carbocycles. The molecule has 7 heteroatoms. The fraction of sp³-hybridized carbons (Fsp3) is 0.316. The van der Waals surface area contributed by atoms with E-state index in [1.165, 1.54) is 0 Å². The molecule has 1 fully saturated rings. The molecule has 0 bridgehead atoms. The molecule has 0 unspecified atom stereocenters. The van der Waals surface area contributed by atoms with Gasteiger partial charge in [0.25, 0.3) is 0 Å². The molecule has 1 N–H and O–H groups in total. The zero-order valence-corrected chi connectivity index (χ0v) is 15.9. The lowest BCUT2D eigenvalue weighted by Gasteiger charge is -2.15. The van der Waals surface area contributed by atoms with Crippen molar-refractivity contribution in [3.05, 3.63) is 64.7 Å². The number of nitrogens with zero attached hydrogens (tertiary/aromatic N) is 1. The molecule has 5 nitrogen and oxygen atoms in total. The van der Waals surface area contributed by atoms with Crippen molar-refractivity contribution >= 4 is 33.2 Å². The highest BCUT2D eigenvalue weighted by atomic mass is 35.5. The fourth-order valence-corrected chi connectivity index (χ4v) is 4.28. The standard InChI is InChI=1S/C19H21ClN2O3S/c20-17-7-3-16(4-8-17)14-26(24,25)21-18-9-5-15(6-10-18)13-19(23)22-11-1-2-12-22/h3-10,21H,1-2,11-14H2. The maximum Gasteiger partial charge on any atom is 0.236 e. The predicted octanol–water partition coefficient (Wildman–Crippen LogP) is 3.45. The second-order valence-electron chi connectivity index (χ2n) is 6.45. The van der Waals surface area contributed by atoms with Gasteiger partial charge < -0.3 is 4.90 Å². The van der Waals surface area contributed by atoms with Crippen LogP contribution in [-0.2, 0) is 27.0 Å². The second kappa shape index (κ2) is 8.10. The molecule has 0 radical (unpaired) electrons. The molecular formula is C19H21ClN2O3S. The number of hydrogen-bond donors (Lipinski definition) is 1. The number of likely N-dealkylation sites (tertiary alicyclic amines) is 1. The number of benzene rings is 2. The molecule has 1 heterocycles. The van der Waals surface area contributed by atoms with Crippen molar-refractivity contribution in [3.63, 3.8) is 0 Å². The van der Waals surface area contributed by atoms with Crippen LogP contribution >= 0.6 is 11.6 Å². The summed E-state index contributed by atoms with van der Waals surface area (Å²) in [6.07, 6.45) is 2.48. The smallest absolute Gasteiger partial charge is 0.236 e. The summed E-state index contributed by atoms with van der Waals surface area (Å²) in [5, 5.41) is 0.568. The van der Waals surface area contributed by atoms with E-state index in [4.69, 9.17) is 11.6 Å². The van der Waals surface area contributed by atoms with E-state index in [1.807, 2.05) is 4.90 Å². The molecule has 26 heavy (non-hydrogen) atoms. The van der Waals surface area contributed by atoms with E-state index in [2.05, 4.69) is 4.72 Å². The maximum absolute atomic E-state index is 12.3. The minimum atomic E-state index is -3.52. The summed E-state index contributed by atoms with van der Waals surface area (Å²) in [6, 6.07) is 13.7. The van der Waals surface area contributed by atoms with Crippen LogP contribution in [0.3, 0.4) is 0 Å². The first kappa shape index (κ1) is 18.7. The third-order valence-corrected chi connectivity index (χ3v) is 5.82. The Morgan fingerprint density at radius 2 is 1.54 bits per heavy atom. The molecule has 1 amide bonds. The van der Waals surface area contributed by atoms with Crippen molar-refractivity contribution < 1.29 is 13.2 Å². The summed E-state index contributed by atoms with van der Waals surface area (Å²) in [6.45, 7) is 1.67. The molecule has 2 aromatic rings. The van der Waals surface area contributed by atoms with E-state index in [1.54, 1.807) is 48.5 Å². The third kappa shape index (κ3) is 5.22. The Balaban J connectivity index is 1.59. The van der Waals surface area contributed by atoms with Crippen molar-refractivity contribution in [1.29, 1.82) is 0 Å². The van der Waals surface area contributed by atoms with Crippen LogP contribution in [-0.4, -0.2) is 32.3 Å². The molecule has 1 saturated heterocycles. The number of hydrogen-bond acceptors (Lipinski definition) is 3. The Labute approximate surface area is 159 Å². The number of carbonyl (C=O) groups excluding carboxylic acids is 1. The van der Waals surface area contributed by atoms with Gasteiger partial charge in [-0.2, -0.15) is 0 Å². The summed E-state index contributed by atoms with van der Waals surface area (Å²) >= 11 is 5.81. The Morgan fingerprint density at radius 1 is 0.962 bits per heavy atom. The summed E-state index contributed by atoms with van der Waals surface area (Å²) < 4.78 is 27.1. The van der Waals surface area contributed by atoms with Gasteiger partial charge in [-0.25, -0.2) is 8.42 Å². The van der Waals surface area contributed by atoms with Crippen molar-refractivity contribution in [2.75, 3.05) is 17.8 Å². The first-order valence-corrected chi connectivity index (χ1v) is 10.6. The van der Waals surface area contributed by atoms with Crippen LogP contribution in [0, 0.1) is 0 Å². The van der Waals surface area contributed by atoms with Gasteiger partial charge in [-0.1, -0.05) is 35.9 Å². The zero-order valence-electron chi connectivity index (χ0n) is 14.3. The zero-order chi connectivity index (χ0) is 18.6. The summed E-state index contributed by atoms with van der Waals surface area (Å²) in [5.74, 6) is -0.00195. The van der Waals surface area contributed by atoms with Crippen LogP contribution < -0.4 is 4.72 Å². The molecule has 0 aromatic heterocycles. The van der Waals surface area contributed by atoms with E-state index < -0.39 is 10.0 Å². The van der Waals surface area contributed by atoms with Gasteiger partial charge >= 0.3 is 0 Å².